The Labute approximate surface area is 109 Å². The molecule has 0 aliphatic heterocycles. The third-order valence-corrected chi connectivity index (χ3v) is 2.73. The first-order chi connectivity index (χ1) is 8.58. The highest BCUT2D eigenvalue weighted by atomic mass is 35.5. The number of hydrogen-bond donors (Lipinski definition) is 2. The van der Waals surface area contributed by atoms with Crippen LogP contribution in [0.25, 0.3) is 0 Å². The second-order valence-electron chi connectivity index (χ2n) is 3.79. The van der Waals surface area contributed by atoms with Gasteiger partial charge in [0.25, 0.3) is 0 Å². The zero-order chi connectivity index (χ0) is 13.1. The summed E-state index contributed by atoms with van der Waals surface area (Å²) < 4.78 is 0. The molecule has 5 heteroatoms. The normalized spacial score (nSPS) is 10.1. The molecule has 0 amide bonds. The fourth-order valence-corrected chi connectivity index (χ4v) is 1.71. The second kappa shape index (κ2) is 5.06. The summed E-state index contributed by atoms with van der Waals surface area (Å²) in [5.74, 6) is -0.722. The summed E-state index contributed by atoms with van der Waals surface area (Å²) in [6, 6.07) is 8.45. The van der Waals surface area contributed by atoms with Crippen molar-refractivity contribution in [1.29, 1.82) is 0 Å². The van der Waals surface area contributed by atoms with E-state index in [4.69, 9.17) is 16.7 Å². The Morgan fingerprint density at radius 2 is 2.17 bits per heavy atom. The average molecular weight is 263 g/mol. The zero-order valence-corrected chi connectivity index (χ0v) is 10.4. The first kappa shape index (κ1) is 12.4. The monoisotopic (exact) mass is 262 g/mol. The van der Waals surface area contributed by atoms with Crippen LogP contribution in [-0.2, 0) is 0 Å². The second-order valence-corrected chi connectivity index (χ2v) is 4.23. The van der Waals surface area contributed by atoms with Crippen molar-refractivity contribution in [1.82, 2.24) is 4.98 Å². The lowest BCUT2D eigenvalue weighted by Crippen LogP contribution is -2.05. The first-order valence-electron chi connectivity index (χ1n) is 5.29. The van der Waals surface area contributed by atoms with Crippen LogP contribution < -0.4 is 5.32 Å². The third-order valence-electron chi connectivity index (χ3n) is 2.49. The van der Waals surface area contributed by atoms with E-state index in [1.807, 2.05) is 13.0 Å². The minimum atomic E-state index is -1.02. The van der Waals surface area contributed by atoms with Crippen LogP contribution in [0.2, 0.25) is 5.02 Å². The van der Waals surface area contributed by atoms with E-state index in [9.17, 15) is 4.79 Å². The number of anilines is 2. The number of pyridine rings is 1. The van der Waals surface area contributed by atoms with Gasteiger partial charge < -0.3 is 10.4 Å². The molecule has 0 bridgehead atoms. The number of aromatic carboxylic acids is 1. The summed E-state index contributed by atoms with van der Waals surface area (Å²) in [4.78, 5) is 15.1. The molecule has 0 spiro atoms. The molecule has 2 aromatic rings. The lowest BCUT2D eigenvalue weighted by atomic mass is 10.2. The Kier molecular flexibility index (Phi) is 3.48. The standard InChI is InChI=1S/C13H11ClN2O2/c1-8-4-5-9(14)7-11(8)16-12-10(13(17)18)3-2-6-15-12/h2-7H,1H3,(H,15,16)(H,17,18). The van der Waals surface area contributed by atoms with Gasteiger partial charge in [-0.3, -0.25) is 0 Å². The molecule has 1 aromatic heterocycles. The number of rotatable bonds is 3. The maximum atomic E-state index is 11.1. The first-order valence-corrected chi connectivity index (χ1v) is 5.67. The fourth-order valence-electron chi connectivity index (χ4n) is 1.53. The molecule has 18 heavy (non-hydrogen) atoms. The van der Waals surface area contributed by atoms with E-state index in [2.05, 4.69) is 10.3 Å². The number of nitrogens with zero attached hydrogens (tertiary/aromatic N) is 1. The Bertz CT molecular complexity index is 599. The van der Waals surface area contributed by atoms with Gasteiger partial charge in [0.05, 0.1) is 0 Å². The van der Waals surface area contributed by atoms with Gasteiger partial charge in [-0.25, -0.2) is 9.78 Å². The highest BCUT2D eigenvalue weighted by Crippen LogP contribution is 2.24. The maximum absolute atomic E-state index is 11.1. The predicted octanol–water partition coefficient (Wildman–Crippen LogP) is 3.49. The van der Waals surface area contributed by atoms with E-state index in [0.29, 0.717) is 10.8 Å². The van der Waals surface area contributed by atoms with Crippen LogP contribution in [0.5, 0.6) is 0 Å². The van der Waals surface area contributed by atoms with Crippen molar-refractivity contribution in [2.24, 2.45) is 0 Å². The Balaban J connectivity index is 2.40. The highest BCUT2D eigenvalue weighted by Gasteiger charge is 2.11. The van der Waals surface area contributed by atoms with Crippen LogP contribution in [0.4, 0.5) is 11.5 Å². The van der Waals surface area contributed by atoms with Crippen molar-refractivity contribution in [2.45, 2.75) is 6.92 Å². The van der Waals surface area contributed by atoms with Gasteiger partial charge in [0.15, 0.2) is 0 Å². The fraction of sp³-hybridized carbons (Fsp3) is 0.0769. The van der Waals surface area contributed by atoms with Crippen LogP contribution in [0.3, 0.4) is 0 Å². The van der Waals surface area contributed by atoms with E-state index >= 15 is 0 Å². The van der Waals surface area contributed by atoms with Gasteiger partial charge in [0.1, 0.15) is 11.4 Å². The smallest absolute Gasteiger partial charge is 0.339 e. The summed E-state index contributed by atoms with van der Waals surface area (Å²) in [5, 5.41) is 12.6. The maximum Gasteiger partial charge on any atom is 0.339 e. The number of benzene rings is 1. The van der Waals surface area contributed by atoms with Crippen molar-refractivity contribution in [2.75, 3.05) is 5.32 Å². The molecule has 0 aliphatic carbocycles. The predicted molar refractivity (Wildman–Crippen MR) is 70.7 cm³/mol. The lowest BCUT2D eigenvalue weighted by molar-refractivity contribution is 0.0697. The van der Waals surface area contributed by atoms with Crippen molar-refractivity contribution in [3.05, 3.63) is 52.7 Å². The summed E-state index contributed by atoms with van der Waals surface area (Å²) in [6.07, 6.45) is 1.54. The minimum absolute atomic E-state index is 0.122. The summed E-state index contributed by atoms with van der Waals surface area (Å²) in [6.45, 7) is 1.90. The Morgan fingerprint density at radius 1 is 1.39 bits per heavy atom. The summed E-state index contributed by atoms with van der Waals surface area (Å²) in [7, 11) is 0. The van der Waals surface area contributed by atoms with E-state index in [1.54, 1.807) is 18.2 Å². The number of aryl methyl sites for hydroxylation is 1. The molecule has 2 rings (SSSR count). The molecule has 0 saturated carbocycles. The van der Waals surface area contributed by atoms with Crippen molar-refractivity contribution < 1.29 is 9.90 Å². The molecule has 0 aliphatic rings. The lowest BCUT2D eigenvalue weighted by Gasteiger charge is -2.11. The van der Waals surface area contributed by atoms with Crippen LogP contribution in [0.15, 0.2) is 36.5 Å². The highest BCUT2D eigenvalue weighted by molar-refractivity contribution is 6.30. The van der Waals surface area contributed by atoms with E-state index in [0.717, 1.165) is 11.3 Å². The van der Waals surface area contributed by atoms with Gasteiger partial charge in [0, 0.05) is 16.9 Å². The van der Waals surface area contributed by atoms with Crippen LogP contribution >= 0.6 is 11.6 Å². The molecule has 0 unspecified atom stereocenters. The molecule has 92 valence electrons. The molecular formula is C13H11ClN2O2. The number of halogens is 1. The van der Waals surface area contributed by atoms with E-state index in [-0.39, 0.29) is 5.56 Å². The van der Waals surface area contributed by atoms with Crippen molar-refractivity contribution in [3.63, 3.8) is 0 Å². The van der Waals surface area contributed by atoms with Crippen molar-refractivity contribution in [3.8, 4) is 0 Å². The van der Waals surface area contributed by atoms with Gasteiger partial charge in [-0.15, -0.1) is 0 Å². The van der Waals surface area contributed by atoms with Gasteiger partial charge in [0.2, 0.25) is 0 Å². The van der Waals surface area contributed by atoms with E-state index in [1.165, 1.54) is 12.3 Å². The number of carboxylic acid groups (broad SMARTS) is 1. The SMILES string of the molecule is Cc1ccc(Cl)cc1Nc1ncccc1C(=O)O. The molecule has 2 N–H and O–H groups in total. The van der Waals surface area contributed by atoms with Crippen LogP contribution in [0.1, 0.15) is 15.9 Å². The topological polar surface area (TPSA) is 62.2 Å². The molecule has 4 nitrogen and oxygen atoms in total. The number of carboxylic acids is 1. The minimum Gasteiger partial charge on any atom is -0.478 e. The number of nitrogens with one attached hydrogen (secondary N) is 1. The van der Waals surface area contributed by atoms with Gasteiger partial charge >= 0.3 is 5.97 Å². The molecule has 1 heterocycles. The van der Waals surface area contributed by atoms with Crippen LogP contribution in [-0.4, -0.2) is 16.1 Å². The quantitative estimate of drug-likeness (QED) is 0.889. The zero-order valence-electron chi connectivity index (χ0n) is 9.64. The summed E-state index contributed by atoms with van der Waals surface area (Å²) >= 11 is 5.91. The van der Waals surface area contributed by atoms with Gasteiger partial charge in [-0.2, -0.15) is 0 Å². The molecule has 0 fully saturated rings. The van der Waals surface area contributed by atoms with Gasteiger partial charge in [-0.1, -0.05) is 17.7 Å². The number of hydrogen-bond acceptors (Lipinski definition) is 3. The van der Waals surface area contributed by atoms with Crippen LogP contribution in [0, 0.1) is 6.92 Å². The molecule has 0 atom stereocenters. The number of carbonyl (C=O) groups is 1. The summed E-state index contributed by atoms with van der Waals surface area (Å²) in [5.41, 5.74) is 1.82. The van der Waals surface area contributed by atoms with Crippen molar-refractivity contribution >= 4 is 29.1 Å². The van der Waals surface area contributed by atoms with Gasteiger partial charge in [-0.05, 0) is 36.8 Å². The molecule has 0 saturated heterocycles. The Hall–Kier alpha value is -2.07. The third kappa shape index (κ3) is 2.60. The molecule has 1 aromatic carbocycles. The largest absolute Gasteiger partial charge is 0.478 e. The average Bonchev–Trinajstić information content (AvgIpc) is 2.34. The molecular weight excluding hydrogens is 252 g/mol. The molecule has 0 radical (unpaired) electrons. The Morgan fingerprint density at radius 3 is 2.89 bits per heavy atom. The number of aromatic nitrogens is 1. The van der Waals surface area contributed by atoms with E-state index < -0.39 is 5.97 Å².